The highest BCUT2D eigenvalue weighted by atomic mass is 32.2. The highest BCUT2D eigenvalue weighted by molar-refractivity contribution is 7.86. The van der Waals surface area contributed by atoms with Gasteiger partial charge in [-0.3, -0.25) is 9.11 Å². The molecule has 2 rings (SSSR count). The van der Waals surface area contributed by atoms with E-state index < -0.39 is 20.2 Å². The molecule has 0 amide bonds. The van der Waals surface area contributed by atoms with Gasteiger partial charge in [0.05, 0.1) is 9.79 Å². The average molecular weight is 555 g/mol. The van der Waals surface area contributed by atoms with Crippen molar-refractivity contribution in [2.45, 2.75) is 113 Å². The number of hydrogen-bond donors (Lipinski definition) is 2. The molecule has 0 aliphatic carbocycles. The van der Waals surface area contributed by atoms with Crippen molar-refractivity contribution in [3.8, 4) is 11.5 Å². The van der Waals surface area contributed by atoms with E-state index in [-0.39, 0.29) is 9.79 Å². The third kappa shape index (κ3) is 12.4. The third-order valence-corrected chi connectivity index (χ3v) is 8.20. The van der Waals surface area contributed by atoms with E-state index in [4.69, 9.17) is 9.29 Å². The smallest absolute Gasteiger partial charge is 0.294 e. The van der Waals surface area contributed by atoms with Crippen molar-refractivity contribution in [2.75, 3.05) is 0 Å². The molecule has 0 atom stereocenters. The normalized spacial score (nSPS) is 12.1. The van der Waals surface area contributed by atoms with Crippen LogP contribution in [0.4, 0.5) is 0 Å². The van der Waals surface area contributed by atoms with Gasteiger partial charge in [0.15, 0.2) is 0 Å². The van der Waals surface area contributed by atoms with E-state index in [1.807, 2.05) is 0 Å². The first kappa shape index (κ1) is 31.3. The van der Waals surface area contributed by atoms with Crippen molar-refractivity contribution in [2.24, 2.45) is 0 Å². The van der Waals surface area contributed by atoms with Gasteiger partial charge in [0.2, 0.25) is 0 Å². The van der Waals surface area contributed by atoms with Crippen molar-refractivity contribution in [3.63, 3.8) is 0 Å². The quantitative estimate of drug-likeness (QED) is 0.133. The highest BCUT2D eigenvalue weighted by Gasteiger charge is 2.15. The van der Waals surface area contributed by atoms with E-state index >= 15 is 0 Å². The fourth-order valence-electron chi connectivity index (χ4n) is 4.33. The molecule has 2 aromatic rings. The van der Waals surface area contributed by atoms with Crippen LogP contribution in [-0.4, -0.2) is 25.9 Å². The van der Waals surface area contributed by atoms with Crippen LogP contribution in [0.1, 0.15) is 102 Å². The van der Waals surface area contributed by atoms with Gasteiger partial charge >= 0.3 is 0 Å². The van der Waals surface area contributed by atoms with E-state index in [1.54, 1.807) is 0 Å². The fourth-order valence-corrected chi connectivity index (χ4v) is 5.34. The monoisotopic (exact) mass is 554 g/mol. The number of aryl methyl sites for hydroxylation is 1. The summed E-state index contributed by atoms with van der Waals surface area (Å²) in [6.45, 7) is 2.24. The molecule has 0 aromatic heterocycles. The van der Waals surface area contributed by atoms with Gasteiger partial charge in [-0.2, -0.15) is 16.8 Å². The van der Waals surface area contributed by atoms with Gasteiger partial charge in [0, 0.05) is 0 Å². The Morgan fingerprint density at radius 3 is 1.49 bits per heavy atom. The second kappa shape index (κ2) is 16.1. The molecule has 0 heterocycles. The molecule has 0 saturated heterocycles. The Kier molecular flexibility index (Phi) is 13.6. The minimum atomic E-state index is -4.35. The largest absolute Gasteiger partial charge is 0.457 e. The Labute approximate surface area is 223 Å². The standard InChI is InChI=1S/C28H42O7S2/c1-2-3-4-5-6-7-8-9-10-11-12-13-14-15-16-24-23-27(37(32,33)34)21-22-28(24)35-25-17-19-26(20-18-25)36(29,30)31/h17-23H,2-16H2,1H3,(H,29,30,31)(H,32,33,34). The Hall–Kier alpha value is -1.94. The van der Waals surface area contributed by atoms with Crippen molar-refractivity contribution in [3.05, 3.63) is 48.0 Å². The van der Waals surface area contributed by atoms with Gasteiger partial charge in [-0.15, -0.1) is 0 Å². The number of unbranched alkanes of at least 4 members (excludes halogenated alkanes) is 13. The van der Waals surface area contributed by atoms with E-state index in [9.17, 15) is 21.4 Å². The van der Waals surface area contributed by atoms with Gasteiger partial charge in [0.1, 0.15) is 11.5 Å². The van der Waals surface area contributed by atoms with E-state index in [0.29, 0.717) is 23.5 Å². The second-order valence-electron chi connectivity index (χ2n) is 9.64. The lowest BCUT2D eigenvalue weighted by atomic mass is 10.0. The summed E-state index contributed by atoms with van der Waals surface area (Å²) in [5, 5.41) is 0. The number of rotatable bonds is 19. The molecule has 0 saturated carbocycles. The molecule has 0 unspecified atom stereocenters. The van der Waals surface area contributed by atoms with Gasteiger partial charge in [-0.1, -0.05) is 90.4 Å². The Bertz CT molecular complexity index is 1140. The van der Waals surface area contributed by atoms with Crippen molar-refractivity contribution >= 4 is 20.2 Å². The summed E-state index contributed by atoms with van der Waals surface area (Å²) >= 11 is 0. The summed E-state index contributed by atoms with van der Waals surface area (Å²) in [5.41, 5.74) is 0.646. The van der Waals surface area contributed by atoms with E-state index in [1.165, 1.54) is 113 Å². The molecule has 7 nitrogen and oxygen atoms in total. The summed E-state index contributed by atoms with van der Waals surface area (Å²) in [6.07, 6.45) is 18.0. The SMILES string of the molecule is CCCCCCCCCCCCCCCCc1cc(S(=O)(=O)O)ccc1Oc1ccc(S(=O)(=O)O)cc1. The molecule has 37 heavy (non-hydrogen) atoms. The maximum atomic E-state index is 11.6. The second-order valence-corrected chi connectivity index (χ2v) is 12.5. The first-order valence-corrected chi connectivity index (χ1v) is 16.3. The summed E-state index contributed by atoms with van der Waals surface area (Å²) in [5.74, 6) is 0.774. The van der Waals surface area contributed by atoms with Crippen LogP contribution in [-0.2, 0) is 26.7 Å². The molecule has 2 N–H and O–H groups in total. The summed E-state index contributed by atoms with van der Waals surface area (Å²) < 4.78 is 70.1. The van der Waals surface area contributed by atoms with Crippen LogP contribution in [0.3, 0.4) is 0 Å². The molecule has 0 aliphatic heterocycles. The Balaban J connectivity index is 1.79. The molecule has 0 aliphatic rings. The van der Waals surface area contributed by atoms with Crippen LogP contribution in [0.15, 0.2) is 52.3 Å². The van der Waals surface area contributed by atoms with Crippen LogP contribution < -0.4 is 4.74 Å². The molecule has 0 spiro atoms. The van der Waals surface area contributed by atoms with Crippen molar-refractivity contribution in [1.29, 1.82) is 0 Å². The number of ether oxygens (including phenoxy) is 1. The number of hydrogen-bond acceptors (Lipinski definition) is 5. The van der Waals surface area contributed by atoms with Crippen molar-refractivity contribution < 1.29 is 30.7 Å². The summed E-state index contributed by atoms with van der Waals surface area (Å²) in [6, 6.07) is 9.45. The zero-order valence-electron chi connectivity index (χ0n) is 21.9. The average Bonchev–Trinajstić information content (AvgIpc) is 2.84. The van der Waals surface area contributed by atoms with Crippen LogP contribution in [0.25, 0.3) is 0 Å². The lowest BCUT2D eigenvalue weighted by molar-refractivity contribution is 0.469. The zero-order valence-corrected chi connectivity index (χ0v) is 23.5. The van der Waals surface area contributed by atoms with Gasteiger partial charge in [-0.25, -0.2) is 0 Å². The van der Waals surface area contributed by atoms with E-state index in [0.717, 1.165) is 19.3 Å². The molecule has 0 fully saturated rings. The Morgan fingerprint density at radius 1 is 0.595 bits per heavy atom. The first-order chi connectivity index (χ1) is 17.6. The molecule has 2 aromatic carbocycles. The van der Waals surface area contributed by atoms with Gasteiger partial charge in [0.25, 0.3) is 20.2 Å². The van der Waals surface area contributed by atoms with Crippen LogP contribution in [0, 0.1) is 0 Å². The summed E-state index contributed by atoms with van der Waals surface area (Å²) in [7, 11) is -8.65. The Morgan fingerprint density at radius 2 is 1.03 bits per heavy atom. The zero-order chi connectivity index (χ0) is 27.2. The lowest BCUT2D eigenvalue weighted by Gasteiger charge is -2.13. The van der Waals surface area contributed by atoms with E-state index in [2.05, 4.69) is 6.92 Å². The predicted octanol–water partition coefficient (Wildman–Crippen LogP) is 8.00. The predicted molar refractivity (Wildman–Crippen MR) is 147 cm³/mol. The molecular weight excluding hydrogens is 512 g/mol. The van der Waals surface area contributed by atoms with Gasteiger partial charge in [-0.05, 0) is 60.9 Å². The lowest BCUT2D eigenvalue weighted by Crippen LogP contribution is -2.01. The maximum absolute atomic E-state index is 11.6. The molecular formula is C28H42O7S2. The van der Waals surface area contributed by atoms with Crippen LogP contribution in [0.2, 0.25) is 0 Å². The van der Waals surface area contributed by atoms with Crippen molar-refractivity contribution in [1.82, 2.24) is 0 Å². The molecule has 0 radical (unpaired) electrons. The topological polar surface area (TPSA) is 118 Å². The van der Waals surface area contributed by atoms with Crippen LogP contribution in [0.5, 0.6) is 11.5 Å². The molecule has 0 bridgehead atoms. The first-order valence-electron chi connectivity index (χ1n) is 13.5. The third-order valence-electron chi connectivity index (χ3n) is 6.48. The molecule has 208 valence electrons. The number of benzene rings is 2. The van der Waals surface area contributed by atoms with Crippen LogP contribution >= 0.6 is 0 Å². The fraction of sp³-hybridized carbons (Fsp3) is 0.571. The summed E-state index contributed by atoms with van der Waals surface area (Å²) in [4.78, 5) is -0.439. The maximum Gasteiger partial charge on any atom is 0.294 e. The van der Waals surface area contributed by atoms with Gasteiger partial charge < -0.3 is 4.74 Å². The minimum Gasteiger partial charge on any atom is -0.457 e. The minimum absolute atomic E-state index is 0.193. The molecule has 9 heteroatoms. The highest BCUT2D eigenvalue weighted by Crippen LogP contribution is 2.30.